The Hall–Kier alpha value is -2.82. The number of nitrogens with one attached hydrogen (secondary N) is 4. The maximum Gasteiger partial charge on any atom is 0.573 e. The van der Waals surface area contributed by atoms with Crippen molar-refractivity contribution in [2.45, 2.75) is 32.7 Å². The molecule has 8 nitrogen and oxygen atoms in total. The average molecular weight is 419 g/mol. The Labute approximate surface area is 166 Å². The Kier molecular flexibility index (Phi) is 9.39. The minimum atomic E-state index is -4.79. The SMILES string of the molecule is CCCNC(=O)[C@H](C)NC(=O)C[NH+](C)CC(=O)Nc1ccc(OC(F)(F)F)cc1. The van der Waals surface area contributed by atoms with E-state index in [2.05, 4.69) is 20.7 Å². The number of quaternary nitrogens is 1. The molecule has 0 saturated heterocycles. The van der Waals surface area contributed by atoms with Crippen LogP contribution in [0.1, 0.15) is 20.3 Å². The molecule has 1 aromatic carbocycles. The molecule has 4 N–H and O–H groups in total. The molecule has 0 aliphatic carbocycles. The van der Waals surface area contributed by atoms with Gasteiger partial charge in [-0.05, 0) is 37.6 Å². The van der Waals surface area contributed by atoms with E-state index in [1.54, 1.807) is 14.0 Å². The maximum absolute atomic E-state index is 12.1. The molecule has 2 atom stereocenters. The molecule has 29 heavy (non-hydrogen) atoms. The van der Waals surface area contributed by atoms with Crippen molar-refractivity contribution in [2.24, 2.45) is 0 Å². The number of amides is 3. The van der Waals surface area contributed by atoms with E-state index in [0.717, 1.165) is 18.6 Å². The Balaban J connectivity index is 2.42. The zero-order valence-corrected chi connectivity index (χ0v) is 16.5. The molecule has 0 saturated carbocycles. The van der Waals surface area contributed by atoms with Crippen molar-refractivity contribution < 1.29 is 37.2 Å². The quantitative estimate of drug-likeness (QED) is 0.431. The van der Waals surface area contributed by atoms with Crippen LogP contribution >= 0.6 is 0 Å². The highest BCUT2D eigenvalue weighted by atomic mass is 19.4. The predicted octanol–water partition coefficient (Wildman–Crippen LogP) is 0.0693. The molecule has 1 rings (SSSR count). The third-order valence-electron chi connectivity index (χ3n) is 3.62. The molecular formula is C18H26F3N4O4+. The summed E-state index contributed by atoms with van der Waals surface area (Å²) in [6, 6.07) is 4.03. The normalized spacial score (nSPS) is 13.2. The van der Waals surface area contributed by atoms with Crippen LogP contribution in [0.4, 0.5) is 18.9 Å². The number of hydrogen-bond donors (Lipinski definition) is 4. The molecular weight excluding hydrogens is 393 g/mol. The van der Waals surface area contributed by atoms with Gasteiger partial charge in [0.15, 0.2) is 13.1 Å². The number of ether oxygens (including phenoxy) is 1. The van der Waals surface area contributed by atoms with Crippen molar-refractivity contribution in [3.05, 3.63) is 24.3 Å². The summed E-state index contributed by atoms with van der Waals surface area (Å²) in [5.41, 5.74) is 0.294. The Bertz CT molecular complexity index is 695. The van der Waals surface area contributed by atoms with Gasteiger partial charge < -0.3 is 25.6 Å². The van der Waals surface area contributed by atoms with E-state index in [1.807, 2.05) is 6.92 Å². The first kappa shape index (κ1) is 24.2. The summed E-state index contributed by atoms with van der Waals surface area (Å²) in [7, 11) is 1.63. The number of likely N-dealkylation sites (N-methyl/N-ethyl adjacent to an activating group) is 1. The number of carbonyl (C=O) groups excluding carboxylic acids is 3. The Morgan fingerprint density at radius 1 is 1.10 bits per heavy atom. The summed E-state index contributed by atoms with van der Waals surface area (Å²) in [5.74, 6) is -1.49. The van der Waals surface area contributed by atoms with Crippen molar-refractivity contribution in [1.82, 2.24) is 10.6 Å². The highest BCUT2D eigenvalue weighted by Crippen LogP contribution is 2.23. The largest absolute Gasteiger partial charge is 0.573 e. The third kappa shape index (κ3) is 10.3. The van der Waals surface area contributed by atoms with Crippen molar-refractivity contribution in [2.75, 3.05) is 32.0 Å². The van der Waals surface area contributed by atoms with E-state index in [-0.39, 0.29) is 24.9 Å². The third-order valence-corrected chi connectivity index (χ3v) is 3.62. The van der Waals surface area contributed by atoms with Gasteiger partial charge in [-0.3, -0.25) is 14.4 Å². The predicted molar refractivity (Wildman–Crippen MR) is 99.3 cm³/mol. The second-order valence-corrected chi connectivity index (χ2v) is 6.51. The highest BCUT2D eigenvalue weighted by molar-refractivity contribution is 5.91. The van der Waals surface area contributed by atoms with Gasteiger partial charge in [0.25, 0.3) is 11.8 Å². The fourth-order valence-electron chi connectivity index (χ4n) is 2.32. The van der Waals surface area contributed by atoms with Crippen LogP contribution in [0, 0.1) is 0 Å². The first-order valence-corrected chi connectivity index (χ1v) is 9.04. The number of carbonyl (C=O) groups is 3. The minimum absolute atomic E-state index is 0.0306. The van der Waals surface area contributed by atoms with Gasteiger partial charge in [0, 0.05) is 12.2 Å². The lowest BCUT2D eigenvalue weighted by atomic mass is 10.3. The zero-order chi connectivity index (χ0) is 22.0. The molecule has 0 aromatic heterocycles. The van der Waals surface area contributed by atoms with Crippen LogP contribution in [0.3, 0.4) is 0 Å². The minimum Gasteiger partial charge on any atom is -0.406 e. The van der Waals surface area contributed by atoms with Gasteiger partial charge in [-0.1, -0.05) is 6.92 Å². The summed E-state index contributed by atoms with van der Waals surface area (Å²) in [5, 5.41) is 7.75. The van der Waals surface area contributed by atoms with Crippen molar-refractivity contribution in [1.29, 1.82) is 0 Å². The molecule has 162 valence electrons. The molecule has 1 unspecified atom stereocenters. The molecule has 3 amide bonds. The molecule has 0 aliphatic rings. The van der Waals surface area contributed by atoms with E-state index in [9.17, 15) is 27.6 Å². The number of benzene rings is 1. The zero-order valence-electron chi connectivity index (χ0n) is 16.5. The molecule has 0 aliphatic heterocycles. The number of rotatable bonds is 10. The van der Waals surface area contributed by atoms with Crippen LogP contribution in [-0.2, 0) is 14.4 Å². The van der Waals surface area contributed by atoms with Gasteiger partial charge in [-0.15, -0.1) is 13.2 Å². The summed E-state index contributed by atoms with van der Waals surface area (Å²) in [4.78, 5) is 36.3. The van der Waals surface area contributed by atoms with E-state index in [1.165, 1.54) is 12.1 Å². The Morgan fingerprint density at radius 3 is 2.24 bits per heavy atom. The lowest BCUT2D eigenvalue weighted by Gasteiger charge is -2.17. The number of anilines is 1. The van der Waals surface area contributed by atoms with Gasteiger partial charge in [0.1, 0.15) is 11.8 Å². The standard InChI is InChI=1S/C18H25F3N4O4/c1-4-9-22-17(28)12(2)23-15(26)10-25(3)11-16(27)24-13-5-7-14(8-6-13)29-18(19,20)21/h5-8,12H,4,9-11H2,1-3H3,(H,22,28)(H,23,26)(H,24,27)/p+1/t12-/m0/s1. The lowest BCUT2D eigenvalue weighted by molar-refractivity contribution is -0.862. The van der Waals surface area contributed by atoms with Crippen LogP contribution in [-0.4, -0.2) is 56.8 Å². The number of hydrogen-bond acceptors (Lipinski definition) is 4. The Morgan fingerprint density at radius 2 is 1.69 bits per heavy atom. The summed E-state index contributed by atoms with van der Waals surface area (Å²) in [6.07, 6.45) is -4.00. The van der Waals surface area contributed by atoms with Crippen molar-refractivity contribution in [3.63, 3.8) is 0 Å². The van der Waals surface area contributed by atoms with E-state index >= 15 is 0 Å². The van der Waals surface area contributed by atoms with Crippen molar-refractivity contribution in [3.8, 4) is 5.75 Å². The molecule has 11 heteroatoms. The van der Waals surface area contributed by atoms with Gasteiger partial charge in [-0.2, -0.15) is 0 Å². The van der Waals surface area contributed by atoms with E-state index < -0.39 is 24.1 Å². The fraction of sp³-hybridized carbons (Fsp3) is 0.500. The van der Waals surface area contributed by atoms with Crippen LogP contribution < -0.4 is 25.6 Å². The number of alkyl halides is 3. The van der Waals surface area contributed by atoms with Gasteiger partial charge in [0.2, 0.25) is 5.91 Å². The first-order chi connectivity index (χ1) is 13.5. The topological polar surface area (TPSA) is 101 Å². The van der Waals surface area contributed by atoms with Crippen molar-refractivity contribution >= 4 is 23.4 Å². The molecule has 0 heterocycles. The molecule has 0 spiro atoms. The molecule has 0 fully saturated rings. The summed E-state index contributed by atoms with van der Waals surface area (Å²) >= 11 is 0. The van der Waals surface area contributed by atoms with Crippen LogP contribution in [0.5, 0.6) is 5.75 Å². The van der Waals surface area contributed by atoms with Crippen LogP contribution in [0.15, 0.2) is 24.3 Å². The number of halogens is 3. The average Bonchev–Trinajstić information content (AvgIpc) is 2.59. The second-order valence-electron chi connectivity index (χ2n) is 6.51. The highest BCUT2D eigenvalue weighted by Gasteiger charge is 2.31. The van der Waals surface area contributed by atoms with Crippen LogP contribution in [0.2, 0.25) is 0 Å². The smallest absolute Gasteiger partial charge is 0.406 e. The molecule has 0 radical (unpaired) electrons. The van der Waals surface area contributed by atoms with Gasteiger partial charge in [0.05, 0.1) is 7.05 Å². The first-order valence-electron chi connectivity index (χ1n) is 9.04. The molecule has 0 bridgehead atoms. The van der Waals surface area contributed by atoms with Gasteiger partial charge in [-0.25, -0.2) is 0 Å². The fourth-order valence-corrected chi connectivity index (χ4v) is 2.32. The summed E-state index contributed by atoms with van der Waals surface area (Å²) in [6.45, 7) is 3.92. The van der Waals surface area contributed by atoms with E-state index in [0.29, 0.717) is 17.1 Å². The molecule has 1 aromatic rings. The summed E-state index contributed by atoms with van der Waals surface area (Å²) < 4.78 is 40.1. The maximum atomic E-state index is 12.1. The van der Waals surface area contributed by atoms with Crippen LogP contribution in [0.25, 0.3) is 0 Å². The van der Waals surface area contributed by atoms with Gasteiger partial charge >= 0.3 is 6.36 Å². The lowest BCUT2D eigenvalue weighted by Crippen LogP contribution is -3.11. The van der Waals surface area contributed by atoms with E-state index in [4.69, 9.17) is 0 Å². The second kappa shape index (κ2) is 11.2. The monoisotopic (exact) mass is 419 g/mol.